The molecule has 156 valence electrons. The Morgan fingerprint density at radius 1 is 1.29 bits per heavy atom. The molecule has 3 N–H and O–H groups in total. The molecular formula is C20H30N2O5S. The summed E-state index contributed by atoms with van der Waals surface area (Å²) in [7, 11) is 0. The van der Waals surface area contributed by atoms with Crippen LogP contribution in [0.5, 0.6) is 5.75 Å². The molecule has 1 aromatic carbocycles. The van der Waals surface area contributed by atoms with Crippen molar-refractivity contribution < 1.29 is 24.2 Å². The first-order chi connectivity index (χ1) is 13.3. The van der Waals surface area contributed by atoms with Crippen LogP contribution in [0.3, 0.4) is 0 Å². The van der Waals surface area contributed by atoms with Crippen LogP contribution in [0.1, 0.15) is 37.8 Å². The van der Waals surface area contributed by atoms with E-state index in [1.807, 2.05) is 20.1 Å². The Kier molecular flexibility index (Phi) is 10.6. The van der Waals surface area contributed by atoms with Gasteiger partial charge in [0, 0.05) is 0 Å². The Bertz CT molecular complexity index is 666. The number of benzene rings is 1. The topological polar surface area (TPSA) is 105 Å². The number of hydrogen-bond acceptors (Lipinski definition) is 6. The molecule has 0 heterocycles. The first-order valence-electron chi connectivity index (χ1n) is 9.23. The van der Waals surface area contributed by atoms with Gasteiger partial charge in [-0.05, 0) is 54.9 Å². The summed E-state index contributed by atoms with van der Waals surface area (Å²) in [5.74, 6) is 0.275. The molecular weight excluding hydrogens is 380 g/mol. The third kappa shape index (κ3) is 7.90. The summed E-state index contributed by atoms with van der Waals surface area (Å²) < 4.78 is 5.50. The highest BCUT2D eigenvalue weighted by atomic mass is 32.2. The third-order valence-electron chi connectivity index (χ3n) is 4.14. The molecule has 8 heteroatoms. The number of thioether (sulfide) groups is 1. The predicted molar refractivity (Wildman–Crippen MR) is 110 cm³/mol. The first kappa shape index (κ1) is 24.0. The molecule has 0 radical (unpaired) electrons. The average Bonchev–Trinajstić information content (AvgIpc) is 2.65. The lowest BCUT2D eigenvalue weighted by molar-refractivity contribution is -0.140. The highest BCUT2D eigenvalue weighted by Crippen LogP contribution is 2.20. The highest BCUT2D eigenvalue weighted by Gasteiger charge is 2.27. The molecule has 0 saturated heterocycles. The van der Waals surface area contributed by atoms with Gasteiger partial charge in [-0.2, -0.15) is 11.8 Å². The van der Waals surface area contributed by atoms with E-state index in [9.17, 15) is 19.5 Å². The van der Waals surface area contributed by atoms with Crippen molar-refractivity contribution in [3.63, 3.8) is 0 Å². The highest BCUT2D eigenvalue weighted by molar-refractivity contribution is 7.98. The van der Waals surface area contributed by atoms with E-state index in [4.69, 9.17) is 4.74 Å². The molecule has 0 aromatic heterocycles. The van der Waals surface area contributed by atoms with E-state index in [-0.39, 0.29) is 12.5 Å². The molecule has 0 bridgehead atoms. The van der Waals surface area contributed by atoms with Gasteiger partial charge in [0.05, 0.1) is 6.61 Å². The zero-order valence-corrected chi connectivity index (χ0v) is 17.7. The smallest absolute Gasteiger partial charge is 0.334 e. The summed E-state index contributed by atoms with van der Waals surface area (Å²) in [4.78, 5) is 36.1. The molecule has 1 aromatic rings. The zero-order valence-electron chi connectivity index (χ0n) is 16.9. The molecule has 2 amide bonds. The maximum Gasteiger partial charge on any atom is 0.334 e. The molecule has 2 atom stereocenters. The third-order valence-corrected chi connectivity index (χ3v) is 4.78. The number of aryl methyl sites for hydroxylation is 1. The van der Waals surface area contributed by atoms with Gasteiger partial charge in [-0.3, -0.25) is 9.59 Å². The van der Waals surface area contributed by atoms with Crippen molar-refractivity contribution in [1.29, 1.82) is 0 Å². The second kappa shape index (κ2) is 12.4. The predicted octanol–water partition coefficient (Wildman–Crippen LogP) is 1.79. The lowest BCUT2D eigenvalue weighted by atomic mass is 10.0. The maximum atomic E-state index is 12.7. The van der Waals surface area contributed by atoms with Gasteiger partial charge in [-0.25, -0.2) is 4.79 Å². The number of esters is 1. The van der Waals surface area contributed by atoms with Crippen LogP contribution in [0.15, 0.2) is 18.2 Å². The number of hydrogen-bond donors (Lipinski definition) is 3. The largest absolute Gasteiger partial charge is 0.425 e. The molecule has 7 nitrogen and oxygen atoms in total. The lowest BCUT2D eigenvalue weighted by Gasteiger charge is -2.23. The first-order valence-corrected chi connectivity index (χ1v) is 10.6. The molecule has 0 saturated carbocycles. The van der Waals surface area contributed by atoms with E-state index in [0.717, 1.165) is 11.1 Å². The van der Waals surface area contributed by atoms with E-state index >= 15 is 0 Å². The minimum Gasteiger partial charge on any atom is -0.425 e. The van der Waals surface area contributed by atoms with E-state index < -0.39 is 24.0 Å². The molecule has 0 aliphatic heterocycles. The fraction of sp³-hybridized carbons (Fsp3) is 0.550. The number of ether oxygens (including phenoxy) is 1. The van der Waals surface area contributed by atoms with Gasteiger partial charge in [0.25, 0.3) is 0 Å². The number of carbonyl (C=O) groups is 3. The number of aliphatic hydroxyl groups excluding tert-OH is 1. The van der Waals surface area contributed by atoms with E-state index in [1.54, 1.807) is 36.9 Å². The van der Waals surface area contributed by atoms with Crippen LogP contribution in [0, 0.1) is 12.8 Å². The van der Waals surface area contributed by atoms with E-state index in [1.165, 1.54) is 0 Å². The van der Waals surface area contributed by atoms with Crippen LogP contribution in [0.4, 0.5) is 0 Å². The van der Waals surface area contributed by atoms with Crippen molar-refractivity contribution in [2.75, 3.05) is 12.0 Å². The van der Waals surface area contributed by atoms with Crippen LogP contribution in [0.25, 0.3) is 0 Å². The van der Waals surface area contributed by atoms with Crippen LogP contribution >= 0.6 is 11.8 Å². The van der Waals surface area contributed by atoms with Gasteiger partial charge < -0.3 is 20.5 Å². The number of carbonyl (C=O) groups excluding carboxylic acids is 3. The molecule has 0 fully saturated rings. The van der Waals surface area contributed by atoms with Crippen molar-refractivity contribution in [2.45, 2.75) is 52.3 Å². The Labute approximate surface area is 170 Å². The summed E-state index contributed by atoms with van der Waals surface area (Å²) in [5.41, 5.74) is 1.44. The van der Waals surface area contributed by atoms with Crippen LogP contribution < -0.4 is 15.4 Å². The Hall–Kier alpha value is -2.06. The quantitative estimate of drug-likeness (QED) is 0.276. The fourth-order valence-corrected chi connectivity index (χ4v) is 3.14. The summed E-state index contributed by atoms with van der Waals surface area (Å²) in [6.07, 6.45) is 3.29. The van der Waals surface area contributed by atoms with Crippen molar-refractivity contribution >= 4 is 30.0 Å². The van der Waals surface area contributed by atoms with Gasteiger partial charge >= 0.3 is 5.97 Å². The molecule has 0 aliphatic carbocycles. The molecule has 1 rings (SSSR count). The Morgan fingerprint density at radius 2 is 2.00 bits per heavy atom. The number of amides is 2. The monoisotopic (exact) mass is 410 g/mol. The SMILES string of the molecule is CSCCC(NC=O)C(=O)NC(CC(C)C)C(=O)Oc1ccc(CO)cc1C. The summed E-state index contributed by atoms with van der Waals surface area (Å²) in [5, 5.41) is 14.4. The second-order valence-corrected chi connectivity index (χ2v) is 7.97. The normalized spacial score (nSPS) is 12.9. The summed E-state index contributed by atoms with van der Waals surface area (Å²) >= 11 is 1.57. The van der Waals surface area contributed by atoms with Gasteiger partial charge in [0.15, 0.2) is 0 Å². The molecule has 28 heavy (non-hydrogen) atoms. The molecule has 0 spiro atoms. The summed E-state index contributed by atoms with van der Waals surface area (Å²) in [6.45, 7) is 5.58. The zero-order chi connectivity index (χ0) is 21.1. The molecule has 0 aliphatic rings. The number of aliphatic hydroxyl groups is 1. The lowest BCUT2D eigenvalue weighted by Crippen LogP contribution is -2.51. The average molecular weight is 411 g/mol. The summed E-state index contributed by atoms with van der Waals surface area (Å²) in [6, 6.07) is 3.53. The van der Waals surface area contributed by atoms with Gasteiger partial charge in [-0.15, -0.1) is 0 Å². The number of rotatable bonds is 12. The van der Waals surface area contributed by atoms with Crippen LogP contribution in [-0.2, 0) is 21.0 Å². The maximum absolute atomic E-state index is 12.7. The van der Waals surface area contributed by atoms with Gasteiger partial charge in [0.2, 0.25) is 12.3 Å². The molecule has 2 unspecified atom stereocenters. The van der Waals surface area contributed by atoms with Crippen LogP contribution in [0.2, 0.25) is 0 Å². The van der Waals surface area contributed by atoms with Crippen LogP contribution in [-0.4, -0.2) is 47.5 Å². The fourth-order valence-electron chi connectivity index (χ4n) is 2.67. The Balaban J connectivity index is 2.89. The van der Waals surface area contributed by atoms with E-state index in [0.29, 0.717) is 30.8 Å². The van der Waals surface area contributed by atoms with Gasteiger partial charge in [-0.1, -0.05) is 26.0 Å². The Morgan fingerprint density at radius 3 is 2.54 bits per heavy atom. The van der Waals surface area contributed by atoms with Crippen molar-refractivity contribution in [1.82, 2.24) is 10.6 Å². The minimum atomic E-state index is -0.824. The van der Waals surface area contributed by atoms with E-state index in [2.05, 4.69) is 10.6 Å². The standard InChI is InChI=1S/C20H30N2O5S/c1-13(2)9-17(22-19(25)16(21-12-24)7-8-28-4)20(26)27-18-6-5-15(11-23)10-14(18)3/h5-6,10,12-13,16-17,23H,7-9,11H2,1-4H3,(H,21,24)(H,22,25). The second-order valence-electron chi connectivity index (χ2n) is 6.99. The van der Waals surface area contributed by atoms with Crippen molar-refractivity contribution in [2.24, 2.45) is 5.92 Å². The van der Waals surface area contributed by atoms with Crippen molar-refractivity contribution in [3.8, 4) is 5.75 Å². The minimum absolute atomic E-state index is 0.0950. The van der Waals surface area contributed by atoms with Crippen molar-refractivity contribution in [3.05, 3.63) is 29.3 Å². The van der Waals surface area contributed by atoms with Gasteiger partial charge in [0.1, 0.15) is 17.8 Å². The number of nitrogens with one attached hydrogen (secondary N) is 2.